The number of amides is 3. The van der Waals surface area contributed by atoms with Crippen molar-refractivity contribution in [2.45, 2.75) is 45.6 Å². The number of esters is 1. The van der Waals surface area contributed by atoms with Crippen LogP contribution in [0.25, 0.3) is 0 Å². The summed E-state index contributed by atoms with van der Waals surface area (Å²) in [5.74, 6) is -0.730. The van der Waals surface area contributed by atoms with Gasteiger partial charge < -0.3 is 19.5 Å². The highest BCUT2D eigenvalue weighted by Crippen LogP contribution is 2.46. The van der Waals surface area contributed by atoms with Crippen molar-refractivity contribution in [1.82, 2.24) is 10.2 Å². The number of carbonyl (C=O) groups is 4. The van der Waals surface area contributed by atoms with Crippen molar-refractivity contribution in [3.8, 4) is 11.5 Å². The molecule has 1 spiro atoms. The number of ketones is 1. The molecular formula is C23H30N2O7. The van der Waals surface area contributed by atoms with Crippen molar-refractivity contribution in [3.63, 3.8) is 0 Å². The fraction of sp³-hybridized carbons (Fsp3) is 0.565. The number of carbonyl (C=O) groups excluding carboxylic acids is 4. The van der Waals surface area contributed by atoms with Gasteiger partial charge in [-0.25, -0.2) is 4.79 Å². The summed E-state index contributed by atoms with van der Waals surface area (Å²) in [5, 5.41) is 2.81. The van der Waals surface area contributed by atoms with Gasteiger partial charge >= 0.3 is 12.0 Å². The maximum Gasteiger partial charge on any atom is 0.326 e. The van der Waals surface area contributed by atoms with E-state index in [1.54, 1.807) is 12.1 Å². The lowest BCUT2D eigenvalue weighted by molar-refractivity contribution is -0.147. The van der Waals surface area contributed by atoms with E-state index in [9.17, 15) is 19.2 Å². The van der Waals surface area contributed by atoms with Crippen LogP contribution < -0.4 is 14.8 Å². The van der Waals surface area contributed by atoms with E-state index >= 15 is 0 Å². The summed E-state index contributed by atoms with van der Waals surface area (Å²) in [5.41, 5.74) is -0.909. The second-order valence-electron chi connectivity index (χ2n) is 9.41. The summed E-state index contributed by atoms with van der Waals surface area (Å²) in [6.07, 6.45) is 1.99. The van der Waals surface area contributed by atoms with Gasteiger partial charge in [0.25, 0.3) is 5.91 Å². The lowest BCUT2D eigenvalue weighted by Gasteiger charge is -2.43. The third-order valence-electron chi connectivity index (χ3n) is 5.98. The maximum absolute atomic E-state index is 13.1. The molecule has 1 heterocycles. The number of hydrogen-bond donors (Lipinski definition) is 1. The second kappa shape index (κ2) is 8.80. The quantitative estimate of drug-likeness (QED) is 0.389. The van der Waals surface area contributed by atoms with Crippen molar-refractivity contribution in [1.29, 1.82) is 0 Å². The predicted octanol–water partition coefficient (Wildman–Crippen LogP) is 2.57. The minimum atomic E-state index is -0.998. The fourth-order valence-electron chi connectivity index (χ4n) is 5.08. The molecule has 1 saturated heterocycles. The van der Waals surface area contributed by atoms with Crippen molar-refractivity contribution < 1.29 is 33.4 Å². The lowest BCUT2D eigenvalue weighted by atomic mass is 9.64. The zero-order valence-electron chi connectivity index (χ0n) is 19.1. The Labute approximate surface area is 187 Å². The fourth-order valence-corrected chi connectivity index (χ4v) is 5.08. The summed E-state index contributed by atoms with van der Waals surface area (Å²) in [6.45, 7) is 5.08. The van der Waals surface area contributed by atoms with Crippen LogP contribution in [0.2, 0.25) is 0 Å². The first-order chi connectivity index (χ1) is 15.0. The van der Waals surface area contributed by atoms with Crippen molar-refractivity contribution in [3.05, 3.63) is 23.8 Å². The van der Waals surface area contributed by atoms with Gasteiger partial charge in [-0.2, -0.15) is 0 Å². The number of imide groups is 1. The number of benzene rings is 1. The Morgan fingerprint density at radius 3 is 2.50 bits per heavy atom. The Hall–Kier alpha value is -3.10. The summed E-state index contributed by atoms with van der Waals surface area (Å²) in [6, 6.07) is 4.09. The first-order valence-electron chi connectivity index (χ1n) is 10.6. The third kappa shape index (κ3) is 4.71. The molecule has 9 heteroatoms. The van der Waals surface area contributed by atoms with Crippen LogP contribution in [0.4, 0.5) is 4.79 Å². The van der Waals surface area contributed by atoms with E-state index in [1.807, 2.05) is 0 Å². The highest BCUT2D eigenvalue weighted by atomic mass is 16.5. The van der Waals surface area contributed by atoms with Gasteiger partial charge in [-0.05, 0) is 48.8 Å². The summed E-state index contributed by atoms with van der Waals surface area (Å²) < 4.78 is 15.4. The van der Waals surface area contributed by atoms with Crippen LogP contribution in [-0.4, -0.2) is 61.5 Å². The van der Waals surface area contributed by atoms with Crippen LogP contribution in [0, 0.1) is 11.3 Å². The standard InChI is InChI=1S/C23H30N2O7/c1-14-9-22(2,3)13-23(10-14)20(28)25(21(29)24-23)11-19(27)32-12-17(26)16-8-15(30-4)6-7-18(16)31-5/h6-8,14H,9-13H2,1-5H3,(H,24,29)/t14-,23+/m1/s1. The van der Waals surface area contributed by atoms with Crippen molar-refractivity contribution >= 4 is 23.7 Å². The Morgan fingerprint density at radius 1 is 1.16 bits per heavy atom. The van der Waals surface area contributed by atoms with Crippen molar-refractivity contribution in [2.75, 3.05) is 27.4 Å². The molecule has 1 aliphatic carbocycles. The smallest absolute Gasteiger partial charge is 0.326 e. The maximum atomic E-state index is 13.1. The molecule has 0 bridgehead atoms. The van der Waals surface area contributed by atoms with E-state index in [1.165, 1.54) is 20.3 Å². The third-order valence-corrected chi connectivity index (χ3v) is 5.98. The molecule has 2 fully saturated rings. The van der Waals surface area contributed by atoms with Crippen molar-refractivity contribution in [2.24, 2.45) is 11.3 Å². The Morgan fingerprint density at radius 2 is 1.88 bits per heavy atom. The van der Waals surface area contributed by atoms with Gasteiger partial charge in [-0.1, -0.05) is 20.8 Å². The van der Waals surface area contributed by atoms with E-state index in [0.29, 0.717) is 24.3 Å². The topological polar surface area (TPSA) is 111 Å². The number of Topliss-reactive ketones (excluding diaryl/α,β-unsaturated/α-hetero) is 1. The summed E-state index contributed by atoms with van der Waals surface area (Å²) >= 11 is 0. The normalized spacial score (nSPS) is 24.3. The van der Waals surface area contributed by atoms with Gasteiger partial charge in [0.15, 0.2) is 6.61 Å². The molecule has 2 atom stereocenters. The number of nitrogens with zero attached hydrogens (tertiary/aromatic N) is 1. The number of rotatable bonds is 7. The molecule has 0 unspecified atom stereocenters. The van der Waals surface area contributed by atoms with Gasteiger partial charge in [-0.3, -0.25) is 19.3 Å². The molecule has 1 saturated carbocycles. The molecular weight excluding hydrogens is 416 g/mol. The van der Waals surface area contributed by atoms with Crippen LogP contribution in [0.3, 0.4) is 0 Å². The Bertz CT molecular complexity index is 942. The molecule has 1 aromatic rings. The zero-order valence-corrected chi connectivity index (χ0v) is 19.1. The van der Waals surface area contributed by atoms with Gasteiger partial charge in [0.05, 0.1) is 19.8 Å². The lowest BCUT2D eigenvalue weighted by Crippen LogP contribution is -2.54. The monoisotopic (exact) mass is 446 g/mol. The largest absolute Gasteiger partial charge is 0.497 e. The Kier molecular flexibility index (Phi) is 6.48. The molecule has 2 aliphatic rings. The van der Waals surface area contributed by atoms with Crippen LogP contribution in [-0.2, 0) is 14.3 Å². The second-order valence-corrected chi connectivity index (χ2v) is 9.41. The zero-order chi connectivity index (χ0) is 23.7. The molecule has 0 aromatic heterocycles. The number of ether oxygens (including phenoxy) is 3. The molecule has 1 aliphatic heterocycles. The average molecular weight is 447 g/mol. The van der Waals surface area contributed by atoms with E-state index in [2.05, 4.69) is 26.1 Å². The summed E-state index contributed by atoms with van der Waals surface area (Å²) in [7, 11) is 2.89. The first-order valence-corrected chi connectivity index (χ1v) is 10.6. The minimum absolute atomic E-state index is 0.112. The first kappa shape index (κ1) is 23.6. The van der Waals surface area contributed by atoms with E-state index in [4.69, 9.17) is 14.2 Å². The average Bonchev–Trinajstić information content (AvgIpc) is 2.93. The van der Waals surface area contributed by atoms with Crippen LogP contribution in [0.15, 0.2) is 18.2 Å². The van der Waals surface area contributed by atoms with E-state index < -0.39 is 42.4 Å². The molecule has 32 heavy (non-hydrogen) atoms. The number of hydrogen-bond acceptors (Lipinski definition) is 7. The number of methoxy groups -OCH3 is 2. The van der Waals surface area contributed by atoms with Gasteiger partial charge in [-0.15, -0.1) is 0 Å². The van der Waals surface area contributed by atoms with Crippen LogP contribution in [0.1, 0.15) is 50.4 Å². The Balaban J connectivity index is 1.64. The number of urea groups is 1. The van der Waals surface area contributed by atoms with E-state index in [0.717, 1.165) is 11.3 Å². The van der Waals surface area contributed by atoms with Gasteiger partial charge in [0.1, 0.15) is 23.6 Å². The van der Waals surface area contributed by atoms with Gasteiger partial charge in [0.2, 0.25) is 5.78 Å². The predicted molar refractivity (Wildman–Crippen MR) is 115 cm³/mol. The molecule has 3 amide bonds. The molecule has 1 N–H and O–H groups in total. The molecule has 3 rings (SSSR count). The van der Waals surface area contributed by atoms with E-state index in [-0.39, 0.29) is 16.9 Å². The van der Waals surface area contributed by atoms with Gasteiger partial charge in [0, 0.05) is 0 Å². The SMILES string of the molecule is COc1ccc(OC)c(C(=O)COC(=O)CN2C(=O)N[C@]3(C[C@H](C)CC(C)(C)C3)C2=O)c1. The van der Waals surface area contributed by atoms with Crippen LogP contribution in [0.5, 0.6) is 11.5 Å². The van der Waals surface area contributed by atoms with Crippen LogP contribution >= 0.6 is 0 Å². The number of nitrogens with one attached hydrogen (secondary N) is 1. The highest BCUT2D eigenvalue weighted by Gasteiger charge is 2.56. The molecule has 9 nitrogen and oxygen atoms in total. The summed E-state index contributed by atoms with van der Waals surface area (Å²) in [4.78, 5) is 51.4. The highest BCUT2D eigenvalue weighted by molar-refractivity contribution is 6.09. The molecule has 1 aromatic carbocycles. The molecule has 0 radical (unpaired) electrons. The molecule has 174 valence electrons. The minimum Gasteiger partial charge on any atom is -0.497 e.